The number of rotatable bonds is 3. The second-order valence-electron chi connectivity index (χ2n) is 11.6. The Bertz CT molecular complexity index is 2740. The van der Waals surface area contributed by atoms with E-state index in [-0.39, 0.29) is 0 Å². The van der Waals surface area contributed by atoms with Gasteiger partial charge in [0.1, 0.15) is 0 Å². The summed E-state index contributed by atoms with van der Waals surface area (Å²) in [4.78, 5) is 15.4. The van der Waals surface area contributed by atoms with Crippen LogP contribution in [0.25, 0.3) is 92.2 Å². The van der Waals surface area contributed by atoms with Crippen LogP contribution in [0, 0.1) is 0 Å². The molecule has 0 fully saturated rings. The molecular formula is C41H24N4S. The highest BCUT2D eigenvalue weighted by atomic mass is 32.1. The smallest absolute Gasteiger partial charge is 0.238 e. The highest BCUT2D eigenvalue weighted by Gasteiger charge is 2.24. The summed E-state index contributed by atoms with van der Waals surface area (Å²) in [6.45, 7) is 0. The Hall–Kier alpha value is -5.91. The molecular weight excluding hydrogens is 581 g/mol. The fourth-order valence-corrected chi connectivity index (χ4v) is 8.30. The number of hydrogen-bond donors (Lipinski definition) is 0. The summed E-state index contributed by atoms with van der Waals surface area (Å²) in [6, 6.07) is 51.1. The maximum absolute atomic E-state index is 5.22. The van der Waals surface area contributed by atoms with Gasteiger partial charge in [-0.2, -0.15) is 9.97 Å². The first-order valence-electron chi connectivity index (χ1n) is 15.4. The van der Waals surface area contributed by atoms with Gasteiger partial charge in [0.05, 0.1) is 15.7 Å². The Morgan fingerprint density at radius 1 is 0.435 bits per heavy atom. The normalized spacial score (nSPS) is 11.9. The van der Waals surface area contributed by atoms with Crippen molar-refractivity contribution in [3.8, 4) is 28.7 Å². The molecule has 0 bridgehead atoms. The molecule has 0 saturated carbocycles. The SMILES string of the molecule is c1ccc(-c2nc(-c3ccccc3)nc(-n3c4ccccc4c4c5c6ccccc6ccc5c5c6ccccc6sc5c43)n2)cc1. The van der Waals surface area contributed by atoms with E-state index in [1.54, 1.807) is 0 Å². The molecule has 3 heterocycles. The maximum Gasteiger partial charge on any atom is 0.238 e. The minimum atomic E-state index is 0.609. The van der Waals surface area contributed by atoms with Gasteiger partial charge in [0.2, 0.25) is 5.95 Å². The topological polar surface area (TPSA) is 43.6 Å². The van der Waals surface area contributed by atoms with Crippen LogP contribution in [0.2, 0.25) is 0 Å². The zero-order chi connectivity index (χ0) is 30.2. The molecule has 10 rings (SSSR count). The molecule has 214 valence electrons. The van der Waals surface area contributed by atoms with Gasteiger partial charge >= 0.3 is 0 Å². The van der Waals surface area contributed by atoms with Gasteiger partial charge in [0.25, 0.3) is 0 Å². The summed E-state index contributed by atoms with van der Waals surface area (Å²) in [5.41, 5.74) is 4.10. The molecule has 0 saturated heterocycles. The first-order chi connectivity index (χ1) is 22.8. The van der Waals surface area contributed by atoms with Crippen LogP contribution in [0.5, 0.6) is 0 Å². The molecule has 3 aromatic heterocycles. The van der Waals surface area contributed by atoms with E-state index in [1.165, 1.54) is 52.5 Å². The van der Waals surface area contributed by atoms with Gasteiger partial charge in [-0.05, 0) is 28.3 Å². The minimum absolute atomic E-state index is 0.609. The molecule has 0 radical (unpaired) electrons. The Kier molecular flexibility index (Phi) is 5.41. The Balaban J connectivity index is 1.46. The Morgan fingerprint density at radius 2 is 1.04 bits per heavy atom. The van der Waals surface area contributed by atoms with Crippen molar-refractivity contribution < 1.29 is 0 Å². The molecule has 0 aliphatic heterocycles. The van der Waals surface area contributed by atoms with E-state index < -0.39 is 0 Å². The first-order valence-corrected chi connectivity index (χ1v) is 16.2. The van der Waals surface area contributed by atoms with Crippen molar-refractivity contribution in [1.82, 2.24) is 19.5 Å². The van der Waals surface area contributed by atoms with Crippen LogP contribution in [-0.4, -0.2) is 19.5 Å². The zero-order valence-electron chi connectivity index (χ0n) is 24.6. The van der Waals surface area contributed by atoms with E-state index in [9.17, 15) is 0 Å². The molecule has 0 atom stereocenters. The lowest BCUT2D eigenvalue weighted by Gasteiger charge is -2.12. The molecule has 7 aromatic carbocycles. The van der Waals surface area contributed by atoms with Crippen LogP contribution in [0.1, 0.15) is 0 Å². The van der Waals surface area contributed by atoms with E-state index in [0.29, 0.717) is 17.6 Å². The van der Waals surface area contributed by atoms with Crippen LogP contribution >= 0.6 is 11.3 Å². The van der Waals surface area contributed by atoms with Crippen molar-refractivity contribution in [1.29, 1.82) is 0 Å². The highest BCUT2D eigenvalue weighted by molar-refractivity contribution is 7.27. The fraction of sp³-hybridized carbons (Fsp3) is 0. The van der Waals surface area contributed by atoms with Gasteiger partial charge in [-0.3, -0.25) is 4.57 Å². The molecule has 10 aromatic rings. The molecule has 0 unspecified atom stereocenters. The number of thiophene rings is 1. The van der Waals surface area contributed by atoms with E-state index in [1.807, 2.05) is 47.7 Å². The van der Waals surface area contributed by atoms with Crippen molar-refractivity contribution in [3.63, 3.8) is 0 Å². The van der Waals surface area contributed by atoms with E-state index >= 15 is 0 Å². The second-order valence-corrected chi connectivity index (χ2v) is 12.7. The number of fused-ring (bicyclic) bond motifs is 12. The third-order valence-corrected chi connectivity index (χ3v) is 10.2. The molecule has 0 aliphatic rings. The molecule has 4 nitrogen and oxygen atoms in total. The van der Waals surface area contributed by atoms with Crippen LogP contribution in [0.3, 0.4) is 0 Å². The van der Waals surface area contributed by atoms with Gasteiger partial charge in [0, 0.05) is 42.8 Å². The quantitative estimate of drug-likeness (QED) is 0.188. The van der Waals surface area contributed by atoms with Crippen LogP contribution < -0.4 is 0 Å². The lowest BCUT2D eigenvalue weighted by atomic mass is 9.94. The molecule has 0 aliphatic carbocycles. The zero-order valence-corrected chi connectivity index (χ0v) is 25.4. The maximum atomic E-state index is 5.22. The second kappa shape index (κ2) is 9.80. The van der Waals surface area contributed by atoms with E-state index in [4.69, 9.17) is 15.0 Å². The third-order valence-electron chi connectivity index (χ3n) is 9.02. The first kappa shape index (κ1) is 25.4. The van der Waals surface area contributed by atoms with Crippen molar-refractivity contribution in [3.05, 3.63) is 146 Å². The van der Waals surface area contributed by atoms with Crippen LogP contribution in [0.15, 0.2) is 146 Å². The standard InChI is InChI=1S/C41H24N4S/c1-3-14-26(15-4-1)39-42-40(27-16-5-2-6-17-27)44-41(43-39)45-32-21-11-9-19-29(32)36-34-28-18-8-7-13-25(28)23-24-31(34)35-30-20-10-12-22-33(30)46-38(35)37(36)45/h1-24H. The van der Waals surface area contributed by atoms with Crippen LogP contribution in [-0.2, 0) is 0 Å². The van der Waals surface area contributed by atoms with Crippen LogP contribution in [0.4, 0.5) is 0 Å². The van der Waals surface area contributed by atoms with Crippen molar-refractivity contribution in [2.75, 3.05) is 0 Å². The fourth-order valence-electron chi connectivity index (χ4n) is 7.04. The molecule has 0 amide bonds. The summed E-state index contributed by atoms with van der Waals surface area (Å²) < 4.78 is 4.78. The van der Waals surface area contributed by atoms with Crippen molar-refractivity contribution in [2.24, 2.45) is 0 Å². The Labute approximate surface area is 267 Å². The third kappa shape index (κ3) is 3.63. The average Bonchev–Trinajstić information content (AvgIpc) is 3.69. The average molecular weight is 605 g/mol. The van der Waals surface area contributed by atoms with Gasteiger partial charge in [-0.25, -0.2) is 4.98 Å². The van der Waals surface area contributed by atoms with Crippen molar-refractivity contribution >= 4 is 74.9 Å². The van der Waals surface area contributed by atoms with E-state index in [2.05, 4.69) is 114 Å². The number of benzene rings is 7. The monoisotopic (exact) mass is 604 g/mol. The highest BCUT2D eigenvalue weighted by Crippen LogP contribution is 2.49. The predicted octanol–water partition coefficient (Wildman–Crippen LogP) is 11.0. The van der Waals surface area contributed by atoms with Gasteiger partial charge < -0.3 is 0 Å². The molecule has 5 heteroatoms. The number of nitrogens with zero attached hydrogens (tertiary/aromatic N) is 4. The van der Waals surface area contributed by atoms with E-state index in [0.717, 1.165) is 22.2 Å². The molecule has 0 spiro atoms. The molecule has 46 heavy (non-hydrogen) atoms. The molecule has 0 N–H and O–H groups in total. The summed E-state index contributed by atoms with van der Waals surface area (Å²) >= 11 is 1.84. The summed E-state index contributed by atoms with van der Waals surface area (Å²) in [6.07, 6.45) is 0. The predicted molar refractivity (Wildman–Crippen MR) is 193 cm³/mol. The summed E-state index contributed by atoms with van der Waals surface area (Å²) in [5.74, 6) is 1.90. The Morgan fingerprint density at radius 3 is 1.78 bits per heavy atom. The minimum Gasteiger partial charge on any atom is -0.276 e. The van der Waals surface area contributed by atoms with Gasteiger partial charge in [0.15, 0.2) is 11.6 Å². The number of aromatic nitrogens is 4. The summed E-state index contributed by atoms with van der Waals surface area (Å²) in [5, 5.41) is 9.96. The lowest BCUT2D eigenvalue weighted by molar-refractivity contribution is 0.955. The van der Waals surface area contributed by atoms with Gasteiger partial charge in [-0.15, -0.1) is 11.3 Å². The summed E-state index contributed by atoms with van der Waals surface area (Å²) in [7, 11) is 0. The number of hydrogen-bond acceptors (Lipinski definition) is 4. The lowest BCUT2D eigenvalue weighted by Crippen LogP contribution is -2.06. The van der Waals surface area contributed by atoms with Gasteiger partial charge in [-0.1, -0.05) is 133 Å². The number of para-hydroxylation sites is 1. The largest absolute Gasteiger partial charge is 0.276 e. The van der Waals surface area contributed by atoms with Crippen molar-refractivity contribution in [2.45, 2.75) is 0 Å².